The molecule has 0 aliphatic carbocycles. The fourth-order valence-corrected chi connectivity index (χ4v) is 3.35. The number of nitrogens with zero attached hydrogens (tertiary/aromatic N) is 3. The Morgan fingerprint density at radius 2 is 1.60 bits per heavy atom. The fourth-order valence-electron chi connectivity index (χ4n) is 2.43. The topological polar surface area (TPSA) is 56.7 Å². The molecule has 0 amide bonds. The van der Waals surface area contributed by atoms with Gasteiger partial charge in [0.05, 0.1) is 11.4 Å². The number of aromatic nitrogens is 3. The summed E-state index contributed by atoms with van der Waals surface area (Å²) in [6.07, 6.45) is 0. The van der Waals surface area contributed by atoms with Gasteiger partial charge in [-0.1, -0.05) is 23.7 Å². The van der Waals surface area contributed by atoms with Crippen LogP contribution in [-0.2, 0) is 0 Å². The quantitative estimate of drug-likeness (QED) is 0.549. The molecule has 25 heavy (non-hydrogen) atoms. The van der Waals surface area contributed by atoms with Crippen molar-refractivity contribution >= 4 is 28.8 Å². The highest BCUT2D eigenvalue weighted by atomic mass is 35.5. The van der Waals surface area contributed by atoms with Crippen LogP contribution in [-0.4, -0.2) is 14.8 Å². The van der Waals surface area contributed by atoms with E-state index in [1.54, 1.807) is 22.9 Å². The average Bonchev–Trinajstić information content (AvgIpc) is 3.23. The molecule has 0 saturated heterocycles. The molecule has 7 heteroatoms. The van der Waals surface area contributed by atoms with Crippen molar-refractivity contribution < 1.29 is 4.39 Å². The number of halogens is 2. The van der Waals surface area contributed by atoms with Crippen LogP contribution in [0.4, 0.5) is 10.2 Å². The highest BCUT2D eigenvalue weighted by molar-refractivity contribution is 7.12. The van der Waals surface area contributed by atoms with E-state index < -0.39 is 0 Å². The number of thiazole rings is 1. The Kier molecular flexibility index (Phi) is 3.99. The molecule has 2 aromatic heterocycles. The summed E-state index contributed by atoms with van der Waals surface area (Å²) in [4.78, 5) is 4.56. The van der Waals surface area contributed by atoms with Crippen molar-refractivity contribution in [1.82, 2.24) is 14.8 Å². The minimum Gasteiger partial charge on any atom is -0.383 e. The molecule has 0 aliphatic heterocycles. The Bertz CT molecular complexity index is 1020. The maximum atomic E-state index is 13.1. The van der Waals surface area contributed by atoms with Crippen molar-refractivity contribution in [3.63, 3.8) is 0 Å². The first-order valence-corrected chi connectivity index (χ1v) is 8.69. The molecule has 2 aromatic carbocycles. The van der Waals surface area contributed by atoms with Crippen LogP contribution in [0, 0.1) is 5.82 Å². The molecule has 0 radical (unpaired) electrons. The normalized spacial score (nSPS) is 11.0. The van der Waals surface area contributed by atoms with Crippen LogP contribution in [0.5, 0.6) is 0 Å². The SMILES string of the molecule is Nc1cc(-c2ccc(Cl)cc2)nn1-c1nc(-c2ccc(F)cc2)cs1. The highest BCUT2D eigenvalue weighted by Gasteiger charge is 2.13. The Hall–Kier alpha value is -2.70. The van der Waals surface area contributed by atoms with Gasteiger partial charge in [0.2, 0.25) is 5.13 Å². The van der Waals surface area contributed by atoms with E-state index in [1.165, 1.54) is 23.5 Å². The largest absolute Gasteiger partial charge is 0.383 e. The van der Waals surface area contributed by atoms with Gasteiger partial charge in [-0.3, -0.25) is 0 Å². The van der Waals surface area contributed by atoms with E-state index in [0.29, 0.717) is 16.0 Å². The van der Waals surface area contributed by atoms with E-state index in [9.17, 15) is 4.39 Å². The number of anilines is 1. The maximum Gasteiger partial charge on any atom is 0.212 e. The lowest BCUT2D eigenvalue weighted by atomic mass is 10.1. The summed E-state index contributed by atoms with van der Waals surface area (Å²) in [5.74, 6) is 0.216. The molecule has 0 unspecified atom stereocenters. The van der Waals surface area contributed by atoms with Gasteiger partial charge in [-0.15, -0.1) is 11.3 Å². The van der Waals surface area contributed by atoms with Gasteiger partial charge < -0.3 is 5.73 Å². The summed E-state index contributed by atoms with van der Waals surface area (Å²) in [7, 11) is 0. The Balaban J connectivity index is 1.69. The summed E-state index contributed by atoms with van der Waals surface area (Å²) in [6.45, 7) is 0. The zero-order chi connectivity index (χ0) is 17.4. The van der Waals surface area contributed by atoms with Crippen molar-refractivity contribution in [3.05, 3.63) is 70.8 Å². The predicted molar refractivity (Wildman–Crippen MR) is 99.5 cm³/mol. The number of nitrogens with two attached hydrogens (primary N) is 1. The molecule has 2 N–H and O–H groups in total. The molecule has 124 valence electrons. The average molecular weight is 371 g/mol. The molecule has 0 bridgehead atoms. The summed E-state index contributed by atoms with van der Waals surface area (Å²) in [5.41, 5.74) is 9.36. The van der Waals surface area contributed by atoms with Crippen molar-refractivity contribution in [1.29, 1.82) is 0 Å². The van der Waals surface area contributed by atoms with Crippen LogP contribution >= 0.6 is 22.9 Å². The van der Waals surface area contributed by atoms with Gasteiger partial charge in [0.25, 0.3) is 0 Å². The summed E-state index contributed by atoms with van der Waals surface area (Å²) in [6, 6.07) is 15.4. The van der Waals surface area contributed by atoms with Crippen molar-refractivity contribution in [2.45, 2.75) is 0 Å². The zero-order valence-electron chi connectivity index (χ0n) is 12.9. The smallest absolute Gasteiger partial charge is 0.212 e. The van der Waals surface area contributed by atoms with Gasteiger partial charge in [-0.05, 0) is 36.4 Å². The molecule has 2 heterocycles. The Morgan fingerprint density at radius 1 is 0.960 bits per heavy atom. The van der Waals surface area contributed by atoms with Crippen LogP contribution in [0.25, 0.3) is 27.6 Å². The minimum absolute atomic E-state index is 0.275. The van der Waals surface area contributed by atoms with E-state index in [-0.39, 0.29) is 5.82 Å². The zero-order valence-corrected chi connectivity index (χ0v) is 14.4. The monoisotopic (exact) mass is 370 g/mol. The van der Waals surface area contributed by atoms with E-state index in [0.717, 1.165) is 22.5 Å². The van der Waals surface area contributed by atoms with E-state index in [1.807, 2.05) is 29.6 Å². The van der Waals surface area contributed by atoms with Gasteiger partial charge in [-0.2, -0.15) is 9.78 Å². The van der Waals surface area contributed by atoms with Crippen molar-refractivity contribution in [3.8, 4) is 27.6 Å². The Labute approximate surface area is 152 Å². The highest BCUT2D eigenvalue weighted by Crippen LogP contribution is 2.28. The lowest BCUT2D eigenvalue weighted by Gasteiger charge is -1.99. The number of rotatable bonds is 3. The summed E-state index contributed by atoms with van der Waals surface area (Å²) >= 11 is 7.34. The van der Waals surface area contributed by atoms with Gasteiger partial charge >= 0.3 is 0 Å². The molecule has 4 nitrogen and oxygen atoms in total. The first-order valence-electron chi connectivity index (χ1n) is 7.43. The predicted octanol–water partition coefficient (Wildman–Crippen LogP) is 5.04. The second-order valence-corrected chi connectivity index (χ2v) is 6.67. The summed E-state index contributed by atoms with van der Waals surface area (Å²) < 4.78 is 14.7. The Morgan fingerprint density at radius 3 is 2.32 bits per heavy atom. The van der Waals surface area contributed by atoms with Crippen LogP contribution < -0.4 is 5.73 Å². The first-order chi connectivity index (χ1) is 12.1. The van der Waals surface area contributed by atoms with Crippen LogP contribution in [0.3, 0.4) is 0 Å². The van der Waals surface area contributed by atoms with E-state index in [2.05, 4.69) is 10.1 Å². The van der Waals surface area contributed by atoms with Crippen LogP contribution in [0.2, 0.25) is 5.02 Å². The minimum atomic E-state index is -0.275. The standard InChI is InChI=1S/C18H12ClFN4S/c19-13-5-1-11(2-6-13)15-9-17(21)24(23-15)18-22-16(10-25-18)12-3-7-14(20)8-4-12/h1-10H,21H2. The third-order valence-corrected chi connectivity index (χ3v) is 4.76. The maximum absolute atomic E-state index is 13.1. The molecule has 0 saturated carbocycles. The molecule has 4 rings (SSSR count). The number of hydrogen-bond acceptors (Lipinski definition) is 4. The molecule has 0 atom stereocenters. The van der Waals surface area contributed by atoms with Gasteiger partial charge in [0.1, 0.15) is 11.6 Å². The van der Waals surface area contributed by atoms with Gasteiger partial charge in [0, 0.05) is 27.6 Å². The van der Waals surface area contributed by atoms with E-state index in [4.69, 9.17) is 17.3 Å². The number of hydrogen-bond donors (Lipinski definition) is 1. The molecule has 0 spiro atoms. The second-order valence-electron chi connectivity index (χ2n) is 5.40. The fraction of sp³-hybridized carbons (Fsp3) is 0. The van der Waals surface area contributed by atoms with Gasteiger partial charge in [0.15, 0.2) is 0 Å². The van der Waals surface area contributed by atoms with Crippen molar-refractivity contribution in [2.24, 2.45) is 0 Å². The molecular formula is C18H12ClFN4S. The first kappa shape index (κ1) is 15.8. The summed E-state index contributed by atoms with van der Waals surface area (Å²) in [5, 5.41) is 7.75. The third kappa shape index (κ3) is 3.14. The molecule has 0 fully saturated rings. The van der Waals surface area contributed by atoms with Crippen LogP contribution in [0.1, 0.15) is 0 Å². The second kappa shape index (κ2) is 6.31. The number of benzene rings is 2. The van der Waals surface area contributed by atoms with Crippen LogP contribution in [0.15, 0.2) is 60.0 Å². The lowest BCUT2D eigenvalue weighted by Crippen LogP contribution is -2.01. The molecule has 0 aliphatic rings. The number of nitrogen functional groups attached to an aromatic ring is 1. The van der Waals surface area contributed by atoms with Gasteiger partial charge in [-0.25, -0.2) is 9.37 Å². The molecule has 4 aromatic rings. The lowest BCUT2D eigenvalue weighted by molar-refractivity contribution is 0.628. The third-order valence-electron chi connectivity index (χ3n) is 3.69. The van der Waals surface area contributed by atoms with E-state index >= 15 is 0 Å². The van der Waals surface area contributed by atoms with Crippen molar-refractivity contribution in [2.75, 3.05) is 5.73 Å². The molecular weight excluding hydrogens is 359 g/mol.